The lowest BCUT2D eigenvalue weighted by atomic mass is 10.00. The third-order valence-corrected chi connectivity index (χ3v) is 7.39. The van der Waals surface area contributed by atoms with Crippen LogP contribution in [0.1, 0.15) is 24.7 Å². The van der Waals surface area contributed by atoms with E-state index in [2.05, 4.69) is 10.1 Å². The Bertz CT molecular complexity index is 1220. The van der Waals surface area contributed by atoms with E-state index in [0.717, 1.165) is 6.07 Å². The van der Waals surface area contributed by atoms with E-state index in [1.165, 1.54) is 43.8 Å². The normalized spacial score (nSPS) is 17.0. The van der Waals surface area contributed by atoms with Crippen LogP contribution in [0.4, 0.5) is 4.39 Å². The van der Waals surface area contributed by atoms with Crippen molar-refractivity contribution in [3.05, 3.63) is 48.1 Å². The van der Waals surface area contributed by atoms with Gasteiger partial charge in [0.2, 0.25) is 27.5 Å². The van der Waals surface area contributed by atoms with Gasteiger partial charge in [-0.05, 0) is 43.2 Å². The molecule has 1 aliphatic rings. The van der Waals surface area contributed by atoms with Crippen LogP contribution in [-0.2, 0) is 10.0 Å². The lowest BCUT2D eigenvalue weighted by Gasteiger charge is -2.30. The number of halogens is 1. The van der Waals surface area contributed by atoms with Crippen molar-refractivity contribution in [1.82, 2.24) is 14.4 Å². The van der Waals surface area contributed by atoms with Gasteiger partial charge in [0.25, 0.3) is 0 Å². The third-order valence-electron chi connectivity index (χ3n) is 5.53. The quantitative estimate of drug-likeness (QED) is 0.510. The number of nitrogens with zero attached hydrogens (tertiary/aromatic N) is 3. The first-order valence-electron chi connectivity index (χ1n) is 10.3. The van der Waals surface area contributed by atoms with E-state index in [0.29, 0.717) is 53.9 Å². The van der Waals surface area contributed by atoms with E-state index >= 15 is 0 Å². The van der Waals surface area contributed by atoms with Crippen molar-refractivity contribution < 1.29 is 31.5 Å². The van der Waals surface area contributed by atoms with Crippen molar-refractivity contribution >= 4 is 10.0 Å². The highest BCUT2D eigenvalue weighted by Gasteiger charge is 2.33. The van der Waals surface area contributed by atoms with Crippen LogP contribution in [0.3, 0.4) is 0 Å². The highest BCUT2D eigenvalue weighted by Crippen LogP contribution is 2.41. The number of rotatable bonds is 7. The Morgan fingerprint density at radius 3 is 2.45 bits per heavy atom. The average molecular weight is 478 g/mol. The van der Waals surface area contributed by atoms with Crippen molar-refractivity contribution in [2.75, 3.05) is 34.4 Å². The molecule has 3 aromatic rings. The molecule has 0 aliphatic carbocycles. The zero-order chi connectivity index (χ0) is 23.6. The largest absolute Gasteiger partial charge is 0.493 e. The van der Waals surface area contributed by atoms with Gasteiger partial charge in [0.15, 0.2) is 11.5 Å². The van der Waals surface area contributed by atoms with Gasteiger partial charge in [0, 0.05) is 18.7 Å². The van der Waals surface area contributed by atoms with Crippen LogP contribution in [0.25, 0.3) is 11.4 Å². The van der Waals surface area contributed by atoms with Crippen molar-refractivity contribution in [2.24, 2.45) is 0 Å². The summed E-state index contributed by atoms with van der Waals surface area (Å²) in [5.74, 6) is 1.10. The topological polar surface area (TPSA) is 104 Å². The van der Waals surface area contributed by atoms with E-state index in [9.17, 15) is 12.8 Å². The van der Waals surface area contributed by atoms with Crippen LogP contribution in [0.15, 0.2) is 45.8 Å². The van der Waals surface area contributed by atoms with E-state index < -0.39 is 15.8 Å². The van der Waals surface area contributed by atoms with Crippen LogP contribution < -0.4 is 14.2 Å². The molecule has 4 rings (SSSR count). The molecule has 1 fully saturated rings. The molecule has 176 valence electrons. The molecule has 1 saturated heterocycles. The Balaban J connectivity index is 1.59. The lowest BCUT2D eigenvalue weighted by molar-refractivity contribution is 0.265. The maximum atomic E-state index is 13.6. The molecule has 11 heteroatoms. The Labute approximate surface area is 191 Å². The first kappa shape index (κ1) is 23.0. The summed E-state index contributed by atoms with van der Waals surface area (Å²) >= 11 is 0. The molecule has 0 saturated carbocycles. The van der Waals surface area contributed by atoms with Gasteiger partial charge in [0.05, 0.1) is 32.1 Å². The molecule has 1 aliphatic heterocycles. The van der Waals surface area contributed by atoms with E-state index in [4.69, 9.17) is 18.7 Å². The van der Waals surface area contributed by atoms with Gasteiger partial charge < -0.3 is 18.7 Å². The molecule has 0 bridgehead atoms. The number of piperidine rings is 1. The van der Waals surface area contributed by atoms with Gasteiger partial charge >= 0.3 is 0 Å². The number of ether oxygens (including phenoxy) is 3. The van der Waals surface area contributed by atoms with Crippen LogP contribution in [0.5, 0.6) is 17.2 Å². The maximum Gasteiger partial charge on any atom is 0.243 e. The molecule has 0 unspecified atom stereocenters. The molecule has 33 heavy (non-hydrogen) atoms. The maximum absolute atomic E-state index is 13.6. The summed E-state index contributed by atoms with van der Waals surface area (Å²) in [6.45, 7) is 0.499. The average Bonchev–Trinajstić information content (AvgIpc) is 3.33. The minimum Gasteiger partial charge on any atom is -0.493 e. The summed E-state index contributed by atoms with van der Waals surface area (Å²) in [7, 11) is 0.698. The van der Waals surface area contributed by atoms with Gasteiger partial charge in [0.1, 0.15) is 5.82 Å². The number of hydrogen-bond acceptors (Lipinski definition) is 8. The fourth-order valence-electron chi connectivity index (χ4n) is 3.87. The first-order valence-corrected chi connectivity index (χ1v) is 11.7. The van der Waals surface area contributed by atoms with Gasteiger partial charge in [-0.1, -0.05) is 11.2 Å². The molecule has 0 N–H and O–H groups in total. The molecule has 0 radical (unpaired) electrons. The third kappa shape index (κ3) is 4.51. The Hall–Kier alpha value is -3.18. The molecule has 1 aromatic heterocycles. The smallest absolute Gasteiger partial charge is 0.243 e. The van der Waals surface area contributed by atoms with Crippen LogP contribution in [0, 0.1) is 5.82 Å². The van der Waals surface area contributed by atoms with Crippen LogP contribution in [-0.4, -0.2) is 57.3 Å². The molecule has 2 heterocycles. The summed E-state index contributed by atoms with van der Waals surface area (Å²) in [6.07, 6.45) is 1.30. The monoisotopic (exact) mass is 477 g/mol. The van der Waals surface area contributed by atoms with Gasteiger partial charge in [-0.2, -0.15) is 9.29 Å². The van der Waals surface area contributed by atoms with E-state index in [1.54, 1.807) is 12.1 Å². The minimum atomic E-state index is -3.84. The standard InChI is InChI=1S/C22H24FN3O6S/c1-29-18-10-15(11-19(30-2)20(18)31-3)21-24-22(32-25-21)14-6-5-9-26(13-14)33(27,28)17-8-4-7-16(23)12-17/h4,7-8,10-12,14H,5-6,9,13H2,1-3H3/t14-/m1/s1. The molecular weight excluding hydrogens is 453 g/mol. The zero-order valence-corrected chi connectivity index (χ0v) is 19.3. The summed E-state index contributed by atoms with van der Waals surface area (Å²) in [5, 5.41) is 4.07. The molecule has 1 atom stereocenters. The van der Waals surface area contributed by atoms with Crippen LogP contribution >= 0.6 is 0 Å². The summed E-state index contributed by atoms with van der Waals surface area (Å²) in [6, 6.07) is 8.41. The predicted molar refractivity (Wildman–Crippen MR) is 117 cm³/mol. The Morgan fingerprint density at radius 2 is 1.82 bits per heavy atom. The molecule has 0 spiro atoms. The first-order chi connectivity index (χ1) is 15.9. The second kappa shape index (κ2) is 9.36. The van der Waals surface area contributed by atoms with Crippen LogP contribution in [0.2, 0.25) is 0 Å². The van der Waals surface area contributed by atoms with Crippen molar-refractivity contribution in [1.29, 1.82) is 0 Å². The number of hydrogen-bond donors (Lipinski definition) is 0. The highest BCUT2D eigenvalue weighted by molar-refractivity contribution is 7.89. The predicted octanol–water partition coefficient (Wildman–Crippen LogP) is 3.47. The SMILES string of the molecule is COc1cc(-c2noc([C@@H]3CCCN(S(=O)(=O)c4cccc(F)c4)C3)n2)cc(OC)c1OC. The van der Waals surface area contributed by atoms with E-state index in [1.807, 2.05) is 0 Å². The summed E-state index contributed by atoms with van der Waals surface area (Å²) < 4.78 is 62.5. The Kier molecular flexibility index (Phi) is 6.52. The number of sulfonamides is 1. The summed E-state index contributed by atoms with van der Waals surface area (Å²) in [5.41, 5.74) is 0.597. The molecular formula is C22H24FN3O6S. The molecule has 9 nitrogen and oxygen atoms in total. The summed E-state index contributed by atoms with van der Waals surface area (Å²) in [4.78, 5) is 4.43. The van der Waals surface area contributed by atoms with Crippen molar-refractivity contribution in [3.63, 3.8) is 0 Å². The van der Waals surface area contributed by atoms with Gasteiger partial charge in [-0.25, -0.2) is 12.8 Å². The van der Waals surface area contributed by atoms with Gasteiger partial charge in [-0.3, -0.25) is 0 Å². The lowest BCUT2D eigenvalue weighted by Crippen LogP contribution is -2.39. The number of aromatic nitrogens is 2. The zero-order valence-electron chi connectivity index (χ0n) is 18.4. The molecule has 2 aromatic carbocycles. The highest BCUT2D eigenvalue weighted by atomic mass is 32.2. The minimum absolute atomic E-state index is 0.0770. The second-order valence-electron chi connectivity index (χ2n) is 7.53. The Morgan fingerprint density at radius 1 is 1.09 bits per heavy atom. The number of benzene rings is 2. The van der Waals surface area contributed by atoms with Crippen molar-refractivity contribution in [3.8, 4) is 28.6 Å². The fourth-order valence-corrected chi connectivity index (χ4v) is 5.42. The van der Waals surface area contributed by atoms with Crippen molar-refractivity contribution in [2.45, 2.75) is 23.7 Å². The molecule has 0 amide bonds. The number of methoxy groups -OCH3 is 3. The fraction of sp³-hybridized carbons (Fsp3) is 0.364. The second-order valence-corrected chi connectivity index (χ2v) is 9.47. The van der Waals surface area contributed by atoms with E-state index in [-0.39, 0.29) is 17.4 Å². The van der Waals surface area contributed by atoms with Gasteiger partial charge in [-0.15, -0.1) is 0 Å².